The van der Waals surface area contributed by atoms with Crippen molar-refractivity contribution in [3.63, 3.8) is 0 Å². The second-order valence-corrected chi connectivity index (χ2v) is 7.58. The number of rotatable bonds is 12. The van der Waals surface area contributed by atoms with Crippen LogP contribution in [-0.4, -0.2) is 64.2 Å². The fraction of sp³-hybridized carbons (Fsp3) is 0.789. The number of aliphatic hydroxyl groups excluding tert-OH is 1. The van der Waals surface area contributed by atoms with E-state index in [9.17, 15) is 29.4 Å². The summed E-state index contributed by atoms with van der Waals surface area (Å²) < 4.78 is 0. The highest BCUT2D eigenvalue weighted by Gasteiger charge is 2.32. The SMILES string of the molecule is CCC(C)C(N)C(=O)NC(C(=O)NC(C)C(=O)NC(C(=O)O)C(C)CC)C(C)O. The van der Waals surface area contributed by atoms with Gasteiger partial charge in [-0.15, -0.1) is 0 Å². The number of carboxylic acid groups (broad SMARTS) is 1. The molecule has 0 aromatic carbocycles. The van der Waals surface area contributed by atoms with E-state index in [-0.39, 0.29) is 11.8 Å². The van der Waals surface area contributed by atoms with Crippen molar-refractivity contribution < 1.29 is 29.4 Å². The van der Waals surface area contributed by atoms with Gasteiger partial charge in [-0.25, -0.2) is 4.79 Å². The summed E-state index contributed by atoms with van der Waals surface area (Å²) in [5, 5.41) is 26.4. The molecule has 0 bridgehead atoms. The topological polar surface area (TPSA) is 171 Å². The lowest BCUT2D eigenvalue weighted by atomic mass is 9.98. The molecule has 168 valence electrons. The van der Waals surface area contributed by atoms with Crippen LogP contribution < -0.4 is 21.7 Å². The third-order valence-electron chi connectivity index (χ3n) is 5.15. The van der Waals surface area contributed by atoms with Gasteiger partial charge in [0.2, 0.25) is 17.7 Å². The highest BCUT2D eigenvalue weighted by molar-refractivity contribution is 5.94. The first-order valence-electron chi connectivity index (χ1n) is 9.94. The fourth-order valence-electron chi connectivity index (χ4n) is 2.50. The van der Waals surface area contributed by atoms with Gasteiger partial charge < -0.3 is 31.9 Å². The molecule has 0 saturated carbocycles. The number of hydrogen-bond acceptors (Lipinski definition) is 6. The molecule has 0 aliphatic rings. The summed E-state index contributed by atoms with van der Waals surface area (Å²) in [5.41, 5.74) is 5.85. The van der Waals surface area contributed by atoms with Crippen LogP contribution in [0.4, 0.5) is 0 Å². The number of carboxylic acids is 1. The Balaban J connectivity index is 5.07. The Kier molecular flexibility index (Phi) is 11.4. The zero-order valence-electron chi connectivity index (χ0n) is 18.1. The van der Waals surface area contributed by atoms with Crippen molar-refractivity contribution >= 4 is 23.7 Å². The summed E-state index contributed by atoms with van der Waals surface area (Å²) >= 11 is 0. The van der Waals surface area contributed by atoms with Crippen LogP contribution in [0.1, 0.15) is 54.4 Å². The summed E-state index contributed by atoms with van der Waals surface area (Å²) in [6.45, 7) is 9.88. The van der Waals surface area contributed by atoms with Crippen LogP contribution >= 0.6 is 0 Å². The van der Waals surface area contributed by atoms with E-state index in [2.05, 4.69) is 16.0 Å². The molecule has 10 nitrogen and oxygen atoms in total. The molecule has 7 unspecified atom stereocenters. The average molecular weight is 417 g/mol. The molecule has 0 aliphatic heterocycles. The second kappa shape index (κ2) is 12.4. The highest BCUT2D eigenvalue weighted by atomic mass is 16.4. The number of aliphatic carboxylic acids is 1. The number of aliphatic hydroxyl groups is 1. The standard InChI is InChI=1S/C19H36N4O6/c1-7-9(3)13(20)17(26)23-15(12(6)24)18(27)21-11(5)16(25)22-14(19(28)29)10(4)8-2/h9-15,24H,7-8,20H2,1-6H3,(H,21,27)(H,22,25)(H,23,26)(H,28,29). The largest absolute Gasteiger partial charge is 0.480 e. The van der Waals surface area contributed by atoms with Crippen LogP contribution in [-0.2, 0) is 19.2 Å². The average Bonchev–Trinajstić information content (AvgIpc) is 2.66. The fourth-order valence-corrected chi connectivity index (χ4v) is 2.50. The molecule has 3 amide bonds. The van der Waals surface area contributed by atoms with Gasteiger partial charge in [-0.05, 0) is 25.7 Å². The van der Waals surface area contributed by atoms with E-state index in [0.717, 1.165) is 0 Å². The molecular weight excluding hydrogens is 380 g/mol. The first-order valence-corrected chi connectivity index (χ1v) is 9.94. The van der Waals surface area contributed by atoms with Gasteiger partial charge in [-0.3, -0.25) is 14.4 Å². The molecule has 0 aromatic heterocycles. The summed E-state index contributed by atoms with van der Waals surface area (Å²) in [4.78, 5) is 48.4. The Morgan fingerprint density at radius 2 is 1.28 bits per heavy atom. The van der Waals surface area contributed by atoms with Crippen LogP contribution in [0, 0.1) is 11.8 Å². The zero-order valence-corrected chi connectivity index (χ0v) is 18.1. The van der Waals surface area contributed by atoms with Crippen molar-refractivity contribution in [1.82, 2.24) is 16.0 Å². The molecule has 0 saturated heterocycles. The molecule has 29 heavy (non-hydrogen) atoms. The number of nitrogens with two attached hydrogens (primary N) is 1. The molecule has 10 heteroatoms. The molecule has 7 N–H and O–H groups in total. The molecule has 0 radical (unpaired) electrons. The Morgan fingerprint density at radius 3 is 1.69 bits per heavy atom. The maximum Gasteiger partial charge on any atom is 0.326 e. The molecule has 0 rings (SSSR count). The molecule has 0 fully saturated rings. The molecule has 0 heterocycles. The Hall–Kier alpha value is -2.20. The third kappa shape index (κ3) is 8.36. The molecule has 0 spiro atoms. The normalized spacial score (nSPS) is 18.3. The van der Waals surface area contributed by atoms with E-state index in [1.165, 1.54) is 13.8 Å². The van der Waals surface area contributed by atoms with Gasteiger partial charge in [0, 0.05) is 0 Å². The summed E-state index contributed by atoms with van der Waals surface area (Å²) in [5.74, 6) is -3.63. The van der Waals surface area contributed by atoms with Gasteiger partial charge in [0.25, 0.3) is 0 Å². The Bertz CT molecular complexity index is 583. The molecule has 0 aliphatic carbocycles. The number of amides is 3. The quantitative estimate of drug-likeness (QED) is 0.245. The van der Waals surface area contributed by atoms with Crippen LogP contribution in [0.3, 0.4) is 0 Å². The maximum atomic E-state index is 12.5. The van der Waals surface area contributed by atoms with Gasteiger partial charge in [-0.2, -0.15) is 0 Å². The molecular formula is C19H36N4O6. The monoisotopic (exact) mass is 416 g/mol. The predicted octanol–water partition coefficient (Wildman–Crippen LogP) is -0.654. The van der Waals surface area contributed by atoms with Crippen molar-refractivity contribution in [1.29, 1.82) is 0 Å². The highest BCUT2D eigenvalue weighted by Crippen LogP contribution is 2.09. The van der Waals surface area contributed by atoms with E-state index >= 15 is 0 Å². The van der Waals surface area contributed by atoms with Gasteiger partial charge in [0.15, 0.2) is 0 Å². The van der Waals surface area contributed by atoms with Crippen LogP contribution in [0.25, 0.3) is 0 Å². The molecule has 7 atom stereocenters. The van der Waals surface area contributed by atoms with Gasteiger partial charge in [0.05, 0.1) is 12.1 Å². The van der Waals surface area contributed by atoms with Gasteiger partial charge in [0.1, 0.15) is 18.1 Å². The lowest BCUT2D eigenvalue weighted by Crippen LogP contribution is -2.60. The maximum absolute atomic E-state index is 12.5. The van der Waals surface area contributed by atoms with E-state index in [4.69, 9.17) is 5.73 Å². The number of hydrogen-bond donors (Lipinski definition) is 6. The van der Waals surface area contributed by atoms with E-state index in [1.54, 1.807) is 20.8 Å². The molecule has 0 aromatic rings. The Morgan fingerprint density at radius 1 is 0.793 bits per heavy atom. The lowest BCUT2D eigenvalue weighted by Gasteiger charge is -2.26. The van der Waals surface area contributed by atoms with Crippen LogP contribution in [0.5, 0.6) is 0 Å². The summed E-state index contributed by atoms with van der Waals surface area (Å²) in [6, 6.07) is -4.32. The number of nitrogens with one attached hydrogen (secondary N) is 3. The first kappa shape index (κ1) is 26.8. The zero-order chi connectivity index (χ0) is 22.9. The lowest BCUT2D eigenvalue weighted by molar-refractivity contribution is -0.143. The van der Waals surface area contributed by atoms with E-state index < -0.39 is 54.0 Å². The summed E-state index contributed by atoms with van der Waals surface area (Å²) in [6.07, 6.45) is -0.0201. The van der Waals surface area contributed by atoms with Crippen molar-refractivity contribution in [3.8, 4) is 0 Å². The minimum atomic E-state index is -1.31. The van der Waals surface area contributed by atoms with Crippen molar-refractivity contribution in [2.45, 2.75) is 84.7 Å². The van der Waals surface area contributed by atoms with Crippen molar-refractivity contribution in [2.75, 3.05) is 0 Å². The third-order valence-corrected chi connectivity index (χ3v) is 5.15. The van der Waals surface area contributed by atoms with Gasteiger partial charge >= 0.3 is 5.97 Å². The van der Waals surface area contributed by atoms with Crippen molar-refractivity contribution in [2.24, 2.45) is 17.6 Å². The first-order chi connectivity index (χ1) is 13.4. The Labute approximate surface area is 172 Å². The van der Waals surface area contributed by atoms with Gasteiger partial charge in [-0.1, -0.05) is 40.5 Å². The number of carbonyl (C=O) groups excluding carboxylic acids is 3. The van der Waals surface area contributed by atoms with E-state index in [0.29, 0.717) is 12.8 Å². The van der Waals surface area contributed by atoms with E-state index in [1.807, 2.05) is 6.92 Å². The van der Waals surface area contributed by atoms with Crippen molar-refractivity contribution in [3.05, 3.63) is 0 Å². The predicted molar refractivity (Wildman–Crippen MR) is 108 cm³/mol. The second-order valence-electron chi connectivity index (χ2n) is 7.58. The smallest absolute Gasteiger partial charge is 0.326 e. The van der Waals surface area contributed by atoms with Crippen LogP contribution in [0.15, 0.2) is 0 Å². The summed E-state index contributed by atoms with van der Waals surface area (Å²) in [7, 11) is 0. The minimum Gasteiger partial charge on any atom is -0.480 e. The van der Waals surface area contributed by atoms with Crippen LogP contribution in [0.2, 0.25) is 0 Å². The minimum absolute atomic E-state index is 0.120. The number of carbonyl (C=O) groups is 4.